The van der Waals surface area contributed by atoms with E-state index in [1.807, 2.05) is 13.8 Å². The smallest absolute Gasteiger partial charge is 0.330 e. The van der Waals surface area contributed by atoms with Crippen molar-refractivity contribution in [2.24, 2.45) is 0 Å². The zero-order valence-electron chi connectivity index (χ0n) is 10.6. The number of rotatable bonds is 1. The summed E-state index contributed by atoms with van der Waals surface area (Å²) in [6, 6.07) is -0.694. The average molecular weight is 279 g/mol. The number of carbonyl (C=O) groups excluding carboxylic acids is 1. The van der Waals surface area contributed by atoms with Gasteiger partial charge in [-0.1, -0.05) is 0 Å². The minimum absolute atomic E-state index is 0.267. The molecule has 3 rings (SSSR count). The quantitative estimate of drug-likeness (QED) is 0.794. The zero-order valence-corrected chi connectivity index (χ0v) is 11.4. The Morgan fingerprint density at radius 1 is 1.26 bits per heavy atom. The van der Waals surface area contributed by atoms with Crippen LogP contribution in [0.1, 0.15) is 22.9 Å². The van der Waals surface area contributed by atoms with E-state index in [0.29, 0.717) is 23.2 Å². The van der Waals surface area contributed by atoms with Crippen molar-refractivity contribution in [3.05, 3.63) is 31.3 Å². The fourth-order valence-corrected chi connectivity index (χ4v) is 3.50. The molecule has 0 bridgehead atoms. The first kappa shape index (κ1) is 12.2. The summed E-state index contributed by atoms with van der Waals surface area (Å²) in [6.07, 6.45) is 0.468. The van der Waals surface area contributed by atoms with Crippen LogP contribution in [0.4, 0.5) is 0 Å². The van der Waals surface area contributed by atoms with Crippen LogP contribution in [0.3, 0.4) is 0 Å². The Labute approximate surface area is 112 Å². The first-order valence-corrected chi connectivity index (χ1v) is 6.84. The molecule has 3 heterocycles. The molecule has 0 unspecified atom stereocenters. The number of nitrogens with zero attached hydrogens (tertiary/aromatic N) is 1. The number of hydrogen-bond acceptors (Lipinski definition) is 4. The van der Waals surface area contributed by atoms with Gasteiger partial charge in [0.05, 0.1) is 5.39 Å². The zero-order chi connectivity index (χ0) is 13.7. The van der Waals surface area contributed by atoms with Gasteiger partial charge in [-0.15, -0.1) is 11.3 Å². The van der Waals surface area contributed by atoms with Gasteiger partial charge >= 0.3 is 5.69 Å². The average Bonchev–Trinajstić information content (AvgIpc) is 2.85. The lowest BCUT2D eigenvalue weighted by atomic mass is 10.2. The summed E-state index contributed by atoms with van der Waals surface area (Å²) in [4.78, 5) is 40.5. The minimum Gasteiger partial charge on any atom is -0.354 e. The Kier molecular flexibility index (Phi) is 2.60. The predicted octanol–water partition coefficient (Wildman–Crippen LogP) is 0.429. The Balaban J connectivity index is 2.37. The number of hydrogen-bond donors (Lipinski definition) is 2. The fourth-order valence-electron chi connectivity index (χ4n) is 2.45. The third-order valence-electron chi connectivity index (χ3n) is 3.59. The van der Waals surface area contributed by atoms with Crippen LogP contribution in [-0.2, 0) is 4.79 Å². The van der Waals surface area contributed by atoms with Gasteiger partial charge in [-0.05, 0) is 25.8 Å². The van der Waals surface area contributed by atoms with Gasteiger partial charge < -0.3 is 5.32 Å². The van der Waals surface area contributed by atoms with E-state index in [1.54, 1.807) is 0 Å². The van der Waals surface area contributed by atoms with Crippen LogP contribution in [0.25, 0.3) is 10.2 Å². The number of amides is 1. The van der Waals surface area contributed by atoms with E-state index in [1.165, 1.54) is 11.3 Å². The molecule has 1 aliphatic rings. The molecule has 19 heavy (non-hydrogen) atoms. The second kappa shape index (κ2) is 4.06. The number of thiophene rings is 1. The Morgan fingerprint density at radius 2 is 2.00 bits per heavy atom. The summed E-state index contributed by atoms with van der Waals surface area (Å²) >= 11 is 1.39. The monoisotopic (exact) mass is 279 g/mol. The molecule has 2 N–H and O–H groups in total. The molecule has 1 atom stereocenters. The molecule has 0 spiro atoms. The third-order valence-corrected chi connectivity index (χ3v) is 4.71. The molecule has 1 amide bonds. The molecule has 0 aromatic carbocycles. The highest BCUT2D eigenvalue weighted by Crippen LogP contribution is 2.25. The maximum Gasteiger partial charge on any atom is 0.330 e. The van der Waals surface area contributed by atoms with Crippen molar-refractivity contribution < 1.29 is 4.79 Å². The van der Waals surface area contributed by atoms with Gasteiger partial charge in [0.1, 0.15) is 10.9 Å². The molecule has 0 saturated carbocycles. The van der Waals surface area contributed by atoms with E-state index in [4.69, 9.17) is 0 Å². The standard InChI is InChI=1S/C12H13N3O3S/c1-5-6(2)19-10-8(5)11(17)15(12(18)14-10)7-3-4-13-9(7)16/h7H,3-4H2,1-2H3,(H,13,16)(H,14,18)/t7-/m1/s1. The molecule has 7 heteroatoms. The molecule has 1 fully saturated rings. The number of aromatic amines is 1. The maximum atomic E-state index is 12.5. The Morgan fingerprint density at radius 3 is 2.63 bits per heavy atom. The third kappa shape index (κ3) is 1.65. The van der Waals surface area contributed by atoms with Crippen molar-refractivity contribution >= 4 is 27.5 Å². The van der Waals surface area contributed by atoms with E-state index >= 15 is 0 Å². The SMILES string of the molecule is Cc1sc2[nH]c(=O)n([C@@H]3CCNC3=O)c(=O)c2c1C. The number of H-pyrrole nitrogens is 1. The van der Waals surface area contributed by atoms with Crippen molar-refractivity contribution in [1.82, 2.24) is 14.9 Å². The van der Waals surface area contributed by atoms with Crippen molar-refractivity contribution in [2.75, 3.05) is 6.54 Å². The minimum atomic E-state index is -0.694. The van der Waals surface area contributed by atoms with Gasteiger partial charge in [-0.2, -0.15) is 0 Å². The summed E-state index contributed by atoms with van der Waals surface area (Å²) in [6.45, 7) is 4.26. The molecule has 0 aliphatic carbocycles. The lowest BCUT2D eigenvalue weighted by Gasteiger charge is -2.09. The number of fused-ring (bicyclic) bond motifs is 1. The van der Waals surface area contributed by atoms with Crippen LogP contribution in [0.2, 0.25) is 0 Å². The van der Waals surface area contributed by atoms with Crippen LogP contribution in [0.15, 0.2) is 9.59 Å². The molecule has 2 aromatic rings. The van der Waals surface area contributed by atoms with Gasteiger partial charge in [-0.3, -0.25) is 14.6 Å². The van der Waals surface area contributed by atoms with Crippen molar-refractivity contribution in [3.8, 4) is 0 Å². The van der Waals surface area contributed by atoms with Crippen molar-refractivity contribution in [1.29, 1.82) is 0 Å². The van der Waals surface area contributed by atoms with Crippen LogP contribution >= 0.6 is 11.3 Å². The van der Waals surface area contributed by atoms with E-state index < -0.39 is 11.7 Å². The molecule has 1 aliphatic heterocycles. The highest BCUT2D eigenvalue weighted by molar-refractivity contribution is 7.18. The van der Waals surface area contributed by atoms with E-state index in [-0.39, 0.29) is 11.5 Å². The van der Waals surface area contributed by atoms with Crippen LogP contribution in [-0.4, -0.2) is 22.0 Å². The summed E-state index contributed by atoms with van der Waals surface area (Å²) in [5, 5.41) is 3.16. The highest BCUT2D eigenvalue weighted by Gasteiger charge is 2.29. The molecular weight excluding hydrogens is 266 g/mol. The molecule has 6 nitrogen and oxygen atoms in total. The van der Waals surface area contributed by atoms with E-state index in [9.17, 15) is 14.4 Å². The second-order valence-electron chi connectivity index (χ2n) is 4.69. The Hall–Kier alpha value is -1.89. The number of nitrogens with one attached hydrogen (secondary N) is 2. The first-order chi connectivity index (χ1) is 9.00. The van der Waals surface area contributed by atoms with Crippen LogP contribution in [0.5, 0.6) is 0 Å². The number of aryl methyl sites for hydroxylation is 2. The summed E-state index contributed by atoms with van der Waals surface area (Å²) in [7, 11) is 0. The maximum absolute atomic E-state index is 12.5. The molecular formula is C12H13N3O3S. The summed E-state index contributed by atoms with van der Waals surface area (Å²) < 4.78 is 1.05. The lowest BCUT2D eigenvalue weighted by Crippen LogP contribution is -2.40. The molecule has 100 valence electrons. The number of aromatic nitrogens is 2. The van der Waals surface area contributed by atoms with Gasteiger partial charge in [0, 0.05) is 11.4 Å². The molecule has 2 aromatic heterocycles. The van der Waals surface area contributed by atoms with Gasteiger partial charge in [0.15, 0.2) is 0 Å². The second-order valence-corrected chi connectivity index (χ2v) is 5.91. The summed E-state index contributed by atoms with van der Waals surface area (Å²) in [5.74, 6) is -0.267. The molecule has 1 saturated heterocycles. The first-order valence-electron chi connectivity index (χ1n) is 6.03. The van der Waals surface area contributed by atoms with Crippen LogP contribution < -0.4 is 16.6 Å². The van der Waals surface area contributed by atoms with Gasteiger partial charge in [-0.25, -0.2) is 9.36 Å². The topological polar surface area (TPSA) is 84.0 Å². The van der Waals surface area contributed by atoms with Gasteiger partial charge in [0.25, 0.3) is 5.56 Å². The van der Waals surface area contributed by atoms with Crippen molar-refractivity contribution in [3.63, 3.8) is 0 Å². The molecule has 0 radical (unpaired) electrons. The largest absolute Gasteiger partial charge is 0.354 e. The number of carbonyl (C=O) groups is 1. The lowest BCUT2D eigenvalue weighted by molar-refractivity contribution is -0.122. The van der Waals surface area contributed by atoms with E-state index in [2.05, 4.69) is 10.3 Å². The fraction of sp³-hybridized carbons (Fsp3) is 0.417. The summed E-state index contributed by atoms with van der Waals surface area (Å²) in [5.41, 5.74) is -0.0168. The highest BCUT2D eigenvalue weighted by atomic mass is 32.1. The van der Waals surface area contributed by atoms with Crippen LogP contribution in [0, 0.1) is 13.8 Å². The van der Waals surface area contributed by atoms with Crippen molar-refractivity contribution in [2.45, 2.75) is 26.3 Å². The normalized spacial score (nSPS) is 19.1. The Bertz CT molecular complexity index is 799. The predicted molar refractivity (Wildman–Crippen MR) is 72.8 cm³/mol. The van der Waals surface area contributed by atoms with E-state index in [0.717, 1.165) is 15.0 Å². The van der Waals surface area contributed by atoms with Gasteiger partial charge in [0.2, 0.25) is 5.91 Å².